The normalized spacial score (nSPS) is 10.4. The van der Waals surface area contributed by atoms with E-state index in [0.29, 0.717) is 6.54 Å². The monoisotopic (exact) mass is 326 g/mol. The summed E-state index contributed by atoms with van der Waals surface area (Å²) < 4.78 is 5.72. The van der Waals surface area contributed by atoms with Crippen molar-refractivity contribution in [1.29, 1.82) is 0 Å². The summed E-state index contributed by atoms with van der Waals surface area (Å²) in [5.41, 5.74) is 2.31. The highest BCUT2D eigenvalue weighted by atomic mass is 16.5. The average molecular weight is 326 g/mol. The van der Waals surface area contributed by atoms with Crippen LogP contribution in [0.1, 0.15) is 24.5 Å². The minimum atomic E-state index is -0.0946. The zero-order valence-corrected chi connectivity index (χ0v) is 14.3. The fourth-order valence-corrected chi connectivity index (χ4v) is 2.39. The van der Waals surface area contributed by atoms with E-state index in [2.05, 4.69) is 29.7 Å². The molecule has 2 N–H and O–H groups in total. The molecule has 4 nitrogen and oxygen atoms in total. The molecule has 128 valence electrons. The van der Waals surface area contributed by atoms with Gasteiger partial charge in [0.2, 0.25) is 0 Å². The van der Waals surface area contributed by atoms with E-state index < -0.39 is 0 Å². The highest BCUT2D eigenvalue weighted by Crippen LogP contribution is 2.21. The van der Waals surface area contributed by atoms with Gasteiger partial charge in [0.25, 0.3) is 5.91 Å². The molecule has 1 amide bonds. The van der Waals surface area contributed by atoms with Crippen LogP contribution in [0.4, 0.5) is 0 Å². The van der Waals surface area contributed by atoms with Crippen molar-refractivity contribution in [3.05, 3.63) is 65.7 Å². The summed E-state index contributed by atoms with van der Waals surface area (Å²) in [6, 6.07) is 18.1. The van der Waals surface area contributed by atoms with Crippen LogP contribution in [0.25, 0.3) is 0 Å². The second-order valence-corrected chi connectivity index (χ2v) is 5.66. The number of para-hydroxylation sites is 1. The SMILES string of the molecule is CCCNCCNC(=O)COc1ccccc1Cc1ccccc1. The standard InChI is InChI=1S/C20H26N2O2/c1-2-12-21-13-14-22-20(23)16-24-19-11-7-6-10-18(19)15-17-8-4-3-5-9-17/h3-11,21H,2,12-16H2,1H3,(H,22,23). The van der Waals surface area contributed by atoms with Crippen molar-refractivity contribution >= 4 is 5.91 Å². The second kappa shape index (κ2) is 10.4. The topological polar surface area (TPSA) is 50.4 Å². The van der Waals surface area contributed by atoms with Gasteiger partial charge in [0.05, 0.1) is 0 Å². The van der Waals surface area contributed by atoms with Gasteiger partial charge in [-0.2, -0.15) is 0 Å². The van der Waals surface area contributed by atoms with E-state index in [0.717, 1.165) is 37.2 Å². The number of carbonyl (C=O) groups is 1. The lowest BCUT2D eigenvalue weighted by molar-refractivity contribution is -0.123. The first-order valence-electron chi connectivity index (χ1n) is 8.51. The highest BCUT2D eigenvalue weighted by Gasteiger charge is 2.07. The predicted molar refractivity (Wildman–Crippen MR) is 97.4 cm³/mol. The Morgan fingerprint density at radius 1 is 0.958 bits per heavy atom. The number of hydrogen-bond acceptors (Lipinski definition) is 3. The molecule has 0 aliphatic heterocycles. The first kappa shape index (κ1) is 18.0. The van der Waals surface area contributed by atoms with E-state index in [9.17, 15) is 4.79 Å². The fraction of sp³-hybridized carbons (Fsp3) is 0.350. The van der Waals surface area contributed by atoms with Gasteiger partial charge < -0.3 is 15.4 Å². The van der Waals surface area contributed by atoms with E-state index in [-0.39, 0.29) is 12.5 Å². The summed E-state index contributed by atoms with van der Waals surface area (Å²) in [6.07, 6.45) is 1.88. The summed E-state index contributed by atoms with van der Waals surface area (Å²) in [4.78, 5) is 11.9. The third-order valence-corrected chi connectivity index (χ3v) is 3.62. The van der Waals surface area contributed by atoms with Crippen molar-refractivity contribution < 1.29 is 9.53 Å². The second-order valence-electron chi connectivity index (χ2n) is 5.66. The van der Waals surface area contributed by atoms with Gasteiger partial charge in [-0.25, -0.2) is 0 Å². The first-order chi connectivity index (χ1) is 11.8. The van der Waals surface area contributed by atoms with Crippen LogP contribution in [0.2, 0.25) is 0 Å². The molecular formula is C20H26N2O2. The Labute approximate surface area is 144 Å². The van der Waals surface area contributed by atoms with Gasteiger partial charge in [-0.3, -0.25) is 4.79 Å². The Morgan fingerprint density at radius 2 is 1.71 bits per heavy atom. The quantitative estimate of drug-likeness (QED) is 0.660. The van der Waals surface area contributed by atoms with E-state index in [1.54, 1.807) is 0 Å². The molecular weight excluding hydrogens is 300 g/mol. The summed E-state index contributed by atoms with van der Waals surface area (Å²) >= 11 is 0. The van der Waals surface area contributed by atoms with E-state index >= 15 is 0 Å². The molecule has 0 spiro atoms. The minimum absolute atomic E-state index is 0.0413. The lowest BCUT2D eigenvalue weighted by Crippen LogP contribution is -2.35. The van der Waals surface area contributed by atoms with Gasteiger partial charge in [-0.1, -0.05) is 55.5 Å². The van der Waals surface area contributed by atoms with Crippen LogP contribution in [-0.4, -0.2) is 32.1 Å². The molecule has 4 heteroatoms. The molecule has 0 aromatic heterocycles. The average Bonchev–Trinajstić information content (AvgIpc) is 2.62. The predicted octanol–water partition coefficient (Wildman–Crippen LogP) is 2.77. The summed E-state index contributed by atoms with van der Waals surface area (Å²) in [5, 5.41) is 6.10. The van der Waals surface area contributed by atoms with Gasteiger partial charge in [0.1, 0.15) is 5.75 Å². The van der Waals surface area contributed by atoms with Gasteiger partial charge >= 0.3 is 0 Å². The highest BCUT2D eigenvalue weighted by molar-refractivity contribution is 5.77. The number of ether oxygens (including phenoxy) is 1. The van der Waals surface area contributed by atoms with Crippen LogP contribution in [0, 0.1) is 0 Å². The third-order valence-electron chi connectivity index (χ3n) is 3.62. The zero-order chi connectivity index (χ0) is 17.0. The van der Waals surface area contributed by atoms with E-state index in [1.165, 1.54) is 5.56 Å². The molecule has 0 bridgehead atoms. The number of rotatable bonds is 10. The van der Waals surface area contributed by atoms with E-state index in [4.69, 9.17) is 4.74 Å². The van der Waals surface area contributed by atoms with Crippen LogP contribution in [-0.2, 0) is 11.2 Å². The molecule has 0 heterocycles. The lowest BCUT2D eigenvalue weighted by Gasteiger charge is -2.12. The van der Waals surface area contributed by atoms with Crippen LogP contribution in [0.5, 0.6) is 5.75 Å². The largest absolute Gasteiger partial charge is 0.483 e. The maximum Gasteiger partial charge on any atom is 0.257 e. The molecule has 24 heavy (non-hydrogen) atoms. The summed E-state index contributed by atoms with van der Waals surface area (Å²) in [6.45, 7) is 4.53. The van der Waals surface area contributed by atoms with Crippen molar-refractivity contribution in [2.75, 3.05) is 26.2 Å². The molecule has 0 radical (unpaired) electrons. The molecule has 2 rings (SSSR count). The first-order valence-corrected chi connectivity index (χ1v) is 8.51. The van der Waals surface area contributed by atoms with Gasteiger partial charge in [-0.05, 0) is 30.2 Å². The molecule has 0 aliphatic rings. The van der Waals surface area contributed by atoms with Gasteiger partial charge in [-0.15, -0.1) is 0 Å². The number of carbonyl (C=O) groups excluding carboxylic acids is 1. The molecule has 0 unspecified atom stereocenters. The molecule has 0 saturated heterocycles. The lowest BCUT2D eigenvalue weighted by atomic mass is 10.0. The van der Waals surface area contributed by atoms with Crippen LogP contribution in [0.15, 0.2) is 54.6 Å². The smallest absolute Gasteiger partial charge is 0.257 e. The Hall–Kier alpha value is -2.33. The summed E-state index contributed by atoms with van der Waals surface area (Å²) in [5.74, 6) is 0.670. The van der Waals surface area contributed by atoms with Crippen LogP contribution in [0.3, 0.4) is 0 Å². The maximum absolute atomic E-state index is 11.9. The Kier molecular flexibility index (Phi) is 7.84. The van der Waals surface area contributed by atoms with Crippen LogP contribution < -0.4 is 15.4 Å². The minimum Gasteiger partial charge on any atom is -0.483 e. The van der Waals surface area contributed by atoms with Gasteiger partial charge in [0.15, 0.2) is 6.61 Å². The van der Waals surface area contributed by atoms with Crippen molar-refractivity contribution in [2.45, 2.75) is 19.8 Å². The summed E-state index contributed by atoms with van der Waals surface area (Å²) in [7, 11) is 0. The van der Waals surface area contributed by atoms with Crippen molar-refractivity contribution in [2.24, 2.45) is 0 Å². The Morgan fingerprint density at radius 3 is 2.50 bits per heavy atom. The number of hydrogen-bond donors (Lipinski definition) is 2. The number of benzene rings is 2. The number of nitrogens with one attached hydrogen (secondary N) is 2. The van der Waals surface area contributed by atoms with Crippen molar-refractivity contribution in [3.8, 4) is 5.75 Å². The van der Waals surface area contributed by atoms with Crippen LogP contribution >= 0.6 is 0 Å². The van der Waals surface area contributed by atoms with E-state index in [1.807, 2.05) is 42.5 Å². The molecule has 0 fully saturated rings. The fourth-order valence-electron chi connectivity index (χ4n) is 2.39. The zero-order valence-electron chi connectivity index (χ0n) is 14.3. The maximum atomic E-state index is 11.9. The molecule has 2 aromatic rings. The van der Waals surface area contributed by atoms with Crippen molar-refractivity contribution in [3.63, 3.8) is 0 Å². The molecule has 0 saturated carbocycles. The number of amides is 1. The molecule has 0 aliphatic carbocycles. The Balaban J connectivity index is 1.81. The Bertz CT molecular complexity index is 614. The van der Waals surface area contributed by atoms with Gasteiger partial charge in [0, 0.05) is 19.5 Å². The van der Waals surface area contributed by atoms with Crippen molar-refractivity contribution in [1.82, 2.24) is 10.6 Å². The third kappa shape index (κ3) is 6.42. The molecule has 2 aromatic carbocycles. The molecule has 0 atom stereocenters.